The van der Waals surface area contributed by atoms with Gasteiger partial charge in [-0.15, -0.1) is 11.3 Å². The lowest BCUT2D eigenvalue weighted by Crippen LogP contribution is -2.34. The lowest BCUT2D eigenvalue weighted by Gasteiger charge is -2.23. The van der Waals surface area contributed by atoms with Gasteiger partial charge in [0, 0.05) is 41.9 Å². The molecule has 0 radical (unpaired) electrons. The van der Waals surface area contributed by atoms with Crippen LogP contribution < -0.4 is 15.5 Å². The number of halogens is 1. The standard InChI is InChI=1S/C25H24FN3O3S/c1-27-18-5-2-15(3-6-18)25(31)29-10-8-16-12-22(24(30)28-19-9-11-32-14-19)33-23(16)20-7-4-17(26)13-21(20)29/h2-7,12-13,19,27H,8-11,14H2,1H3,(H,28,30). The van der Waals surface area contributed by atoms with Gasteiger partial charge in [-0.05, 0) is 66.9 Å². The van der Waals surface area contributed by atoms with Crippen LogP contribution in [-0.2, 0) is 11.2 Å². The van der Waals surface area contributed by atoms with Crippen molar-refractivity contribution in [1.29, 1.82) is 0 Å². The molecule has 1 unspecified atom stereocenters. The maximum absolute atomic E-state index is 14.3. The second kappa shape index (κ2) is 8.96. The van der Waals surface area contributed by atoms with Gasteiger partial charge >= 0.3 is 0 Å². The van der Waals surface area contributed by atoms with Gasteiger partial charge in [-0.1, -0.05) is 0 Å². The molecule has 2 amide bonds. The fraction of sp³-hybridized carbons (Fsp3) is 0.280. The van der Waals surface area contributed by atoms with Gasteiger partial charge in [0.05, 0.1) is 23.2 Å². The van der Waals surface area contributed by atoms with Crippen LogP contribution in [-0.4, -0.2) is 44.7 Å². The summed E-state index contributed by atoms with van der Waals surface area (Å²) in [6, 6.07) is 13.6. The maximum Gasteiger partial charge on any atom is 0.261 e. The van der Waals surface area contributed by atoms with Crippen LogP contribution in [0.3, 0.4) is 0 Å². The number of rotatable bonds is 4. The average Bonchev–Trinajstić information content (AvgIpc) is 3.47. The Morgan fingerprint density at radius 1 is 1.15 bits per heavy atom. The van der Waals surface area contributed by atoms with Crippen molar-refractivity contribution in [3.05, 3.63) is 70.4 Å². The smallest absolute Gasteiger partial charge is 0.261 e. The van der Waals surface area contributed by atoms with Crippen molar-refractivity contribution >= 4 is 34.5 Å². The topological polar surface area (TPSA) is 70.7 Å². The van der Waals surface area contributed by atoms with Crippen LogP contribution in [0, 0.1) is 5.82 Å². The van der Waals surface area contributed by atoms with Gasteiger partial charge in [-0.3, -0.25) is 9.59 Å². The monoisotopic (exact) mass is 465 g/mol. The van der Waals surface area contributed by atoms with Crippen molar-refractivity contribution in [2.75, 3.05) is 37.0 Å². The number of thiophene rings is 1. The third kappa shape index (κ3) is 4.24. The zero-order valence-corrected chi connectivity index (χ0v) is 19.0. The fourth-order valence-corrected chi connectivity index (χ4v) is 5.43. The minimum Gasteiger partial charge on any atom is -0.388 e. The van der Waals surface area contributed by atoms with E-state index in [1.54, 1.807) is 23.1 Å². The number of fused-ring (bicyclic) bond motifs is 3. The van der Waals surface area contributed by atoms with Gasteiger partial charge < -0.3 is 20.3 Å². The predicted molar refractivity (Wildman–Crippen MR) is 128 cm³/mol. The van der Waals surface area contributed by atoms with E-state index < -0.39 is 5.82 Å². The highest BCUT2D eigenvalue weighted by Gasteiger charge is 2.29. The summed E-state index contributed by atoms with van der Waals surface area (Å²) in [4.78, 5) is 29.3. The second-order valence-corrected chi connectivity index (χ2v) is 9.25. The Balaban J connectivity index is 1.48. The summed E-state index contributed by atoms with van der Waals surface area (Å²) < 4.78 is 19.6. The SMILES string of the molecule is CNc1ccc(C(=O)N2CCc3cc(C(=O)NC4CCOC4)sc3-c3ccc(F)cc32)cc1. The molecule has 33 heavy (non-hydrogen) atoms. The fourth-order valence-electron chi connectivity index (χ4n) is 4.28. The van der Waals surface area contributed by atoms with E-state index in [9.17, 15) is 14.0 Å². The highest BCUT2D eigenvalue weighted by Crippen LogP contribution is 2.42. The first-order valence-corrected chi connectivity index (χ1v) is 11.8. The van der Waals surface area contributed by atoms with Gasteiger partial charge in [0.1, 0.15) is 5.82 Å². The quantitative estimate of drug-likeness (QED) is 0.602. The minimum atomic E-state index is -0.406. The van der Waals surface area contributed by atoms with Gasteiger partial charge in [-0.2, -0.15) is 0 Å². The normalized spacial score (nSPS) is 17.2. The first kappa shape index (κ1) is 21.6. The van der Waals surface area contributed by atoms with Crippen molar-refractivity contribution < 1.29 is 18.7 Å². The first-order valence-electron chi connectivity index (χ1n) is 10.9. The lowest BCUT2D eigenvalue weighted by atomic mass is 10.1. The van der Waals surface area contributed by atoms with Crippen LogP contribution in [0.2, 0.25) is 0 Å². The zero-order valence-electron chi connectivity index (χ0n) is 18.2. The third-order valence-corrected chi connectivity index (χ3v) is 7.27. The molecule has 5 rings (SSSR count). The summed E-state index contributed by atoms with van der Waals surface area (Å²) in [6.07, 6.45) is 1.38. The van der Waals surface area contributed by atoms with Crippen molar-refractivity contribution in [3.63, 3.8) is 0 Å². The predicted octanol–water partition coefficient (Wildman–Crippen LogP) is 4.32. The molecule has 0 spiro atoms. The van der Waals surface area contributed by atoms with Crippen molar-refractivity contribution in [1.82, 2.24) is 5.32 Å². The van der Waals surface area contributed by atoms with Crippen molar-refractivity contribution in [3.8, 4) is 10.4 Å². The molecular formula is C25H24FN3O3S. The van der Waals surface area contributed by atoms with E-state index in [1.807, 2.05) is 25.2 Å². The maximum atomic E-state index is 14.3. The number of hydrogen-bond acceptors (Lipinski definition) is 5. The van der Waals surface area contributed by atoms with E-state index >= 15 is 0 Å². The molecular weight excluding hydrogens is 441 g/mol. The Morgan fingerprint density at radius 2 is 1.97 bits per heavy atom. The molecule has 0 aliphatic carbocycles. The minimum absolute atomic E-state index is 0.0307. The molecule has 0 saturated carbocycles. The van der Waals surface area contributed by atoms with Gasteiger partial charge in [0.15, 0.2) is 0 Å². The molecule has 1 saturated heterocycles. The molecule has 6 nitrogen and oxygen atoms in total. The van der Waals surface area contributed by atoms with Crippen LogP contribution in [0.4, 0.5) is 15.8 Å². The van der Waals surface area contributed by atoms with Gasteiger partial charge in [0.2, 0.25) is 0 Å². The number of amides is 2. The van der Waals surface area contributed by atoms with E-state index in [0.717, 1.165) is 28.1 Å². The third-order valence-electron chi connectivity index (χ3n) is 6.06. The van der Waals surface area contributed by atoms with Crippen LogP contribution in [0.1, 0.15) is 32.0 Å². The molecule has 2 aromatic carbocycles. The molecule has 8 heteroatoms. The molecule has 2 aliphatic heterocycles. The summed E-state index contributed by atoms with van der Waals surface area (Å²) >= 11 is 1.38. The van der Waals surface area contributed by atoms with Crippen LogP contribution in [0.25, 0.3) is 10.4 Å². The van der Waals surface area contributed by atoms with Crippen LogP contribution in [0.15, 0.2) is 48.5 Å². The molecule has 0 bridgehead atoms. The molecule has 1 aromatic heterocycles. The Bertz CT molecular complexity index is 1200. The van der Waals surface area contributed by atoms with Crippen LogP contribution >= 0.6 is 11.3 Å². The number of hydrogen-bond donors (Lipinski definition) is 2. The van der Waals surface area contributed by atoms with E-state index in [0.29, 0.717) is 42.3 Å². The second-order valence-electron chi connectivity index (χ2n) is 8.19. The average molecular weight is 466 g/mol. The van der Waals surface area contributed by atoms with Crippen molar-refractivity contribution in [2.45, 2.75) is 18.9 Å². The molecule has 2 aliphatic rings. The molecule has 3 aromatic rings. The van der Waals surface area contributed by atoms with Gasteiger partial charge in [-0.25, -0.2) is 4.39 Å². The Morgan fingerprint density at radius 3 is 2.70 bits per heavy atom. The van der Waals surface area contributed by atoms with Gasteiger partial charge in [0.25, 0.3) is 11.8 Å². The highest BCUT2D eigenvalue weighted by molar-refractivity contribution is 7.17. The zero-order chi connectivity index (χ0) is 22.9. The van der Waals surface area contributed by atoms with E-state index in [1.165, 1.54) is 23.5 Å². The number of ether oxygens (including phenoxy) is 1. The lowest BCUT2D eigenvalue weighted by molar-refractivity contribution is 0.0932. The molecule has 170 valence electrons. The summed E-state index contributed by atoms with van der Waals surface area (Å²) in [5.74, 6) is -0.708. The number of nitrogens with one attached hydrogen (secondary N) is 2. The highest BCUT2D eigenvalue weighted by atomic mass is 32.1. The van der Waals surface area contributed by atoms with Crippen LogP contribution in [0.5, 0.6) is 0 Å². The summed E-state index contributed by atoms with van der Waals surface area (Å²) in [5.41, 5.74) is 3.72. The van der Waals surface area contributed by atoms with E-state index in [-0.39, 0.29) is 17.9 Å². The molecule has 1 atom stereocenters. The number of anilines is 2. The van der Waals surface area contributed by atoms with E-state index in [2.05, 4.69) is 10.6 Å². The molecule has 1 fully saturated rings. The summed E-state index contributed by atoms with van der Waals surface area (Å²) in [7, 11) is 1.82. The molecule has 3 heterocycles. The van der Waals surface area contributed by atoms with Crippen molar-refractivity contribution in [2.24, 2.45) is 0 Å². The number of carbonyl (C=O) groups excluding carboxylic acids is 2. The number of nitrogens with zero attached hydrogens (tertiary/aromatic N) is 1. The number of carbonyl (C=O) groups is 2. The Hall–Kier alpha value is -3.23. The summed E-state index contributed by atoms with van der Waals surface area (Å²) in [5, 5.41) is 6.07. The van der Waals surface area contributed by atoms with E-state index in [4.69, 9.17) is 4.74 Å². The Labute approximate surface area is 195 Å². The number of benzene rings is 2. The summed E-state index contributed by atoms with van der Waals surface area (Å²) in [6.45, 7) is 1.59. The molecule has 2 N–H and O–H groups in total. The first-order chi connectivity index (χ1) is 16.0. The Kier molecular flexibility index (Phi) is 5.86. The largest absolute Gasteiger partial charge is 0.388 e.